The van der Waals surface area contributed by atoms with Gasteiger partial charge in [-0.1, -0.05) is 0 Å². The quantitative estimate of drug-likeness (QED) is 0.805. The summed E-state index contributed by atoms with van der Waals surface area (Å²) in [6.07, 6.45) is 0. The molecule has 2 nitrogen and oxygen atoms in total. The molecule has 0 bridgehead atoms. The first-order chi connectivity index (χ1) is 5.00. The number of hydrogen-bond donors (Lipinski definition) is 1. The SMILES string of the molecule is O=S(O)(=S)c1ccc(I)cc1. The molecule has 0 aliphatic carbocycles. The van der Waals surface area contributed by atoms with Crippen LogP contribution in [0.25, 0.3) is 0 Å². The molecule has 0 saturated carbocycles. The maximum Gasteiger partial charge on any atom is 0.171 e. The number of hydrogen-bond acceptors (Lipinski definition) is 2. The van der Waals surface area contributed by atoms with E-state index in [0.717, 1.165) is 3.57 Å². The Hall–Kier alpha value is 0.280. The van der Waals surface area contributed by atoms with Crippen molar-refractivity contribution in [2.75, 3.05) is 0 Å². The average molecular weight is 300 g/mol. The van der Waals surface area contributed by atoms with Gasteiger partial charge in [-0.2, -0.15) is 0 Å². The molecule has 1 rings (SSSR count). The second-order valence-corrected chi connectivity index (χ2v) is 5.95. The molecule has 1 atom stereocenters. The minimum Gasteiger partial charge on any atom is -0.302 e. The molecule has 0 aliphatic rings. The van der Waals surface area contributed by atoms with Gasteiger partial charge in [-0.15, -0.1) is 0 Å². The molecule has 5 heteroatoms. The lowest BCUT2D eigenvalue weighted by Gasteiger charge is -1.97. The highest BCUT2D eigenvalue weighted by molar-refractivity contribution is 14.1. The zero-order valence-corrected chi connectivity index (χ0v) is 9.15. The van der Waals surface area contributed by atoms with Crippen LogP contribution < -0.4 is 0 Å². The van der Waals surface area contributed by atoms with Crippen molar-refractivity contribution in [1.82, 2.24) is 0 Å². The van der Waals surface area contributed by atoms with Crippen molar-refractivity contribution < 1.29 is 8.76 Å². The highest BCUT2D eigenvalue weighted by atomic mass is 127. The van der Waals surface area contributed by atoms with Gasteiger partial charge in [0, 0.05) is 14.8 Å². The first kappa shape index (κ1) is 9.37. The van der Waals surface area contributed by atoms with Gasteiger partial charge in [0.15, 0.2) is 8.77 Å². The maximum absolute atomic E-state index is 10.9. The van der Waals surface area contributed by atoms with Gasteiger partial charge in [-0.25, -0.2) is 4.21 Å². The molecule has 1 aromatic rings. The molecule has 0 aliphatic heterocycles. The van der Waals surface area contributed by atoms with Crippen molar-refractivity contribution in [3.63, 3.8) is 0 Å². The Morgan fingerprint density at radius 3 is 2.18 bits per heavy atom. The van der Waals surface area contributed by atoms with Gasteiger partial charge in [-0.3, -0.25) is 0 Å². The summed E-state index contributed by atoms with van der Waals surface area (Å²) >= 11 is 6.49. The van der Waals surface area contributed by atoms with Crippen molar-refractivity contribution >= 4 is 42.6 Å². The lowest BCUT2D eigenvalue weighted by molar-refractivity contribution is 0.561. The van der Waals surface area contributed by atoms with Crippen LogP contribution in [-0.4, -0.2) is 8.76 Å². The van der Waals surface area contributed by atoms with Gasteiger partial charge >= 0.3 is 0 Å². The van der Waals surface area contributed by atoms with Crippen LogP contribution in [0.15, 0.2) is 29.2 Å². The van der Waals surface area contributed by atoms with Gasteiger partial charge in [-0.05, 0) is 46.9 Å². The molecule has 0 spiro atoms. The lowest BCUT2D eigenvalue weighted by atomic mass is 10.4. The summed E-state index contributed by atoms with van der Waals surface area (Å²) in [5.41, 5.74) is 0. The second-order valence-electron chi connectivity index (χ2n) is 1.93. The van der Waals surface area contributed by atoms with E-state index in [0.29, 0.717) is 4.90 Å². The third-order valence-corrected chi connectivity index (χ3v) is 3.28. The van der Waals surface area contributed by atoms with E-state index in [1.165, 1.54) is 0 Å². The van der Waals surface area contributed by atoms with Gasteiger partial charge in [0.05, 0.1) is 4.90 Å². The molecule has 0 fully saturated rings. The van der Waals surface area contributed by atoms with Crippen LogP contribution in [-0.2, 0) is 20.0 Å². The molecular weight excluding hydrogens is 295 g/mol. The molecule has 1 unspecified atom stereocenters. The van der Waals surface area contributed by atoms with Crippen LogP contribution in [0.3, 0.4) is 0 Å². The Bertz CT molecular complexity index is 341. The minimum absolute atomic E-state index is 0.299. The van der Waals surface area contributed by atoms with Crippen LogP contribution in [0.4, 0.5) is 0 Å². The summed E-state index contributed by atoms with van der Waals surface area (Å²) in [4.78, 5) is 0.299. The second kappa shape index (κ2) is 3.34. The Kier molecular flexibility index (Phi) is 2.84. The number of halogens is 1. The first-order valence-electron chi connectivity index (χ1n) is 2.73. The fraction of sp³-hybridized carbons (Fsp3) is 0. The van der Waals surface area contributed by atoms with Crippen molar-refractivity contribution in [3.8, 4) is 0 Å². The smallest absolute Gasteiger partial charge is 0.171 e. The zero-order chi connectivity index (χ0) is 8.48. The summed E-state index contributed by atoms with van der Waals surface area (Å²) in [6.45, 7) is 0. The molecule has 0 amide bonds. The monoisotopic (exact) mass is 300 g/mol. The Balaban J connectivity index is 3.20. The van der Waals surface area contributed by atoms with Crippen molar-refractivity contribution in [2.24, 2.45) is 0 Å². The molecule has 1 aromatic carbocycles. The number of benzene rings is 1. The van der Waals surface area contributed by atoms with E-state index in [9.17, 15) is 4.21 Å². The fourth-order valence-electron chi connectivity index (χ4n) is 0.607. The highest BCUT2D eigenvalue weighted by Crippen LogP contribution is 2.11. The fourth-order valence-corrected chi connectivity index (χ4v) is 1.78. The summed E-state index contributed by atoms with van der Waals surface area (Å²) < 4.78 is 20.8. The predicted molar refractivity (Wildman–Crippen MR) is 55.6 cm³/mol. The van der Waals surface area contributed by atoms with Gasteiger partial charge < -0.3 is 4.55 Å². The zero-order valence-electron chi connectivity index (χ0n) is 5.36. The molecule has 11 heavy (non-hydrogen) atoms. The topological polar surface area (TPSA) is 37.3 Å². The van der Waals surface area contributed by atoms with E-state index in [2.05, 4.69) is 33.8 Å². The Morgan fingerprint density at radius 1 is 1.36 bits per heavy atom. The molecule has 0 aromatic heterocycles. The van der Waals surface area contributed by atoms with Gasteiger partial charge in [0.1, 0.15) is 0 Å². The molecule has 0 saturated heterocycles. The highest BCUT2D eigenvalue weighted by Gasteiger charge is 2.02. The Labute approximate surface area is 83.6 Å². The normalized spacial score (nSPS) is 15.8. The van der Waals surface area contributed by atoms with Crippen molar-refractivity contribution in [1.29, 1.82) is 0 Å². The minimum atomic E-state index is -3.19. The van der Waals surface area contributed by atoms with E-state index in [-0.39, 0.29) is 0 Å². The van der Waals surface area contributed by atoms with Gasteiger partial charge in [0.25, 0.3) is 0 Å². The van der Waals surface area contributed by atoms with E-state index < -0.39 is 8.77 Å². The van der Waals surface area contributed by atoms with Crippen LogP contribution in [0.5, 0.6) is 0 Å². The first-order valence-corrected chi connectivity index (χ1v) is 6.25. The predicted octanol–water partition coefficient (Wildman–Crippen LogP) is 1.87. The molecule has 0 heterocycles. The summed E-state index contributed by atoms with van der Waals surface area (Å²) in [7, 11) is -3.19. The Morgan fingerprint density at radius 2 is 1.82 bits per heavy atom. The molecule has 0 radical (unpaired) electrons. The molecule has 1 N–H and O–H groups in total. The van der Waals surface area contributed by atoms with Crippen LogP contribution in [0.2, 0.25) is 0 Å². The van der Waals surface area contributed by atoms with E-state index in [1.807, 2.05) is 0 Å². The third-order valence-electron chi connectivity index (χ3n) is 1.11. The summed E-state index contributed by atoms with van der Waals surface area (Å²) in [5.74, 6) is 0. The van der Waals surface area contributed by atoms with Crippen LogP contribution >= 0.6 is 22.6 Å². The van der Waals surface area contributed by atoms with Crippen molar-refractivity contribution in [2.45, 2.75) is 4.90 Å². The average Bonchev–Trinajstić information content (AvgIpc) is 1.86. The largest absolute Gasteiger partial charge is 0.302 e. The maximum atomic E-state index is 10.9. The van der Waals surface area contributed by atoms with Crippen LogP contribution in [0, 0.1) is 3.57 Å². The lowest BCUT2D eigenvalue weighted by Crippen LogP contribution is -1.95. The van der Waals surface area contributed by atoms with Gasteiger partial charge in [0.2, 0.25) is 0 Å². The molecular formula is C6H5IO2S2. The standard InChI is InChI=1S/C6H5IO2S2/c7-5-1-3-6(4-2-5)11(8,9)10/h1-4H,(H,8,9,10). The summed E-state index contributed by atoms with van der Waals surface area (Å²) in [6, 6.07) is 6.63. The summed E-state index contributed by atoms with van der Waals surface area (Å²) in [5, 5.41) is 0. The molecule has 60 valence electrons. The number of rotatable bonds is 1. The van der Waals surface area contributed by atoms with Crippen LogP contribution in [0.1, 0.15) is 0 Å². The van der Waals surface area contributed by atoms with Crippen molar-refractivity contribution in [3.05, 3.63) is 27.8 Å². The van der Waals surface area contributed by atoms with E-state index >= 15 is 0 Å². The van der Waals surface area contributed by atoms with E-state index in [1.54, 1.807) is 24.3 Å². The van der Waals surface area contributed by atoms with E-state index in [4.69, 9.17) is 4.55 Å². The third kappa shape index (κ3) is 2.66.